The van der Waals surface area contributed by atoms with Gasteiger partial charge < -0.3 is 10.2 Å². The third-order valence-electron chi connectivity index (χ3n) is 3.00. The molecule has 0 saturated carbocycles. The molecule has 1 N–H and O–H groups in total. The van der Waals surface area contributed by atoms with Gasteiger partial charge in [-0.05, 0) is 50.1 Å². The number of nitrogens with zero attached hydrogens (tertiary/aromatic N) is 1. The fourth-order valence-corrected chi connectivity index (χ4v) is 2.12. The maximum Gasteiger partial charge on any atom is 0.123 e. The van der Waals surface area contributed by atoms with Gasteiger partial charge in [0.25, 0.3) is 0 Å². The summed E-state index contributed by atoms with van der Waals surface area (Å²) >= 11 is 0. The summed E-state index contributed by atoms with van der Waals surface area (Å²) in [7, 11) is 0. The van der Waals surface area contributed by atoms with Crippen LogP contribution >= 0.6 is 0 Å². The van der Waals surface area contributed by atoms with Crippen molar-refractivity contribution in [3.05, 3.63) is 29.6 Å². The molecule has 0 bridgehead atoms. The van der Waals surface area contributed by atoms with Crippen molar-refractivity contribution in [2.75, 3.05) is 24.5 Å². The number of hydrogen-bond donors (Lipinski definition) is 1. The maximum absolute atomic E-state index is 13.4. The van der Waals surface area contributed by atoms with E-state index < -0.39 is 0 Å². The van der Waals surface area contributed by atoms with Crippen LogP contribution in [0.5, 0.6) is 0 Å². The number of hydrogen-bond acceptors (Lipinski definition) is 2. The molecule has 0 fully saturated rings. The van der Waals surface area contributed by atoms with Crippen molar-refractivity contribution in [3.63, 3.8) is 0 Å². The van der Waals surface area contributed by atoms with Crippen LogP contribution in [0.15, 0.2) is 18.2 Å². The first-order valence-corrected chi connectivity index (χ1v) is 6.97. The highest BCUT2D eigenvalue weighted by Crippen LogP contribution is 2.22. The quantitative estimate of drug-likeness (QED) is 0.712. The minimum Gasteiger partial charge on any atom is -0.372 e. The van der Waals surface area contributed by atoms with E-state index >= 15 is 0 Å². The lowest BCUT2D eigenvalue weighted by atomic mass is 10.1. The lowest BCUT2D eigenvalue weighted by Gasteiger charge is -2.25. The Labute approximate surface area is 110 Å². The molecule has 18 heavy (non-hydrogen) atoms. The average molecular weight is 252 g/mol. The Balaban J connectivity index is 2.86. The van der Waals surface area contributed by atoms with E-state index in [1.54, 1.807) is 12.1 Å². The highest BCUT2D eigenvalue weighted by molar-refractivity contribution is 5.53. The van der Waals surface area contributed by atoms with E-state index in [1.165, 1.54) is 0 Å². The van der Waals surface area contributed by atoms with E-state index in [4.69, 9.17) is 0 Å². The van der Waals surface area contributed by atoms with E-state index in [0.717, 1.165) is 50.3 Å². The molecule has 0 unspecified atom stereocenters. The molecule has 0 atom stereocenters. The molecule has 0 amide bonds. The lowest BCUT2D eigenvalue weighted by Crippen LogP contribution is -2.26. The Kier molecular flexibility index (Phi) is 6.73. The van der Waals surface area contributed by atoms with E-state index in [-0.39, 0.29) is 5.82 Å². The van der Waals surface area contributed by atoms with Crippen molar-refractivity contribution in [1.82, 2.24) is 5.32 Å². The molecule has 1 rings (SSSR count). The Morgan fingerprint density at radius 2 is 1.94 bits per heavy atom. The van der Waals surface area contributed by atoms with Crippen molar-refractivity contribution >= 4 is 5.69 Å². The Morgan fingerprint density at radius 1 is 1.17 bits per heavy atom. The van der Waals surface area contributed by atoms with E-state index in [9.17, 15) is 4.39 Å². The van der Waals surface area contributed by atoms with Crippen LogP contribution in [0, 0.1) is 5.82 Å². The van der Waals surface area contributed by atoms with Crippen molar-refractivity contribution in [1.29, 1.82) is 0 Å². The van der Waals surface area contributed by atoms with Crippen LogP contribution in [0.2, 0.25) is 0 Å². The van der Waals surface area contributed by atoms with Crippen LogP contribution in [0.1, 0.15) is 39.2 Å². The normalized spacial score (nSPS) is 10.7. The van der Waals surface area contributed by atoms with E-state index in [0.29, 0.717) is 0 Å². The zero-order chi connectivity index (χ0) is 13.4. The standard InChI is InChI=1S/C15H25FN2/c1-4-9-17-12-13-11-14(16)7-8-15(13)18(6-3)10-5-2/h7-8,11,17H,4-6,9-10,12H2,1-3H3. The molecule has 2 nitrogen and oxygen atoms in total. The third kappa shape index (κ3) is 4.30. The Morgan fingerprint density at radius 3 is 2.56 bits per heavy atom. The number of nitrogens with one attached hydrogen (secondary N) is 1. The fourth-order valence-electron chi connectivity index (χ4n) is 2.12. The topological polar surface area (TPSA) is 15.3 Å². The zero-order valence-electron chi connectivity index (χ0n) is 11.8. The minimum atomic E-state index is -0.153. The summed E-state index contributed by atoms with van der Waals surface area (Å²) < 4.78 is 13.4. The van der Waals surface area contributed by atoms with Gasteiger partial charge in [0.15, 0.2) is 0 Å². The highest BCUT2D eigenvalue weighted by Gasteiger charge is 2.09. The first-order valence-electron chi connectivity index (χ1n) is 6.97. The van der Waals surface area contributed by atoms with Crippen LogP contribution in [-0.4, -0.2) is 19.6 Å². The van der Waals surface area contributed by atoms with Gasteiger partial charge in [0.2, 0.25) is 0 Å². The Hall–Kier alpha value is -1.09. The van der Waals surface area contributed by atoms with Gasteiger partial charge in [-0.25, -0.2) is 4.39 Å². The smallest absolute Gasteiger partial charge is 0.123 e. The van der Waals surface area contributed by atoms with Gasteiger partial charge in [0.05, 0.1) is 0 Å². The molecule has 0 aromatic heterocycles. The second kappa shape index (κ2) is 8.09. The van der Waals surface area contributed by atoms with Gasteiger partial charge in [-0.15, -0.1) is 0 Å². The van der Waals surface area contributed by atoms with Gasteiger partial charge in [-0.3, -0.25) is 0 Å². The van der Waals surface area contributed by atoms with E-state index in [1.807, 2.05) is 6.07 Å². The molecular weight excluding hydrogens is 227 g/mol. The number of halogens is 1. The number of benzene rings is 1. The highest BCUT2D eigenvalue weighted by atomic mass is 19.1. The summed E-state index contributed by atoms with van der Waals surface area (Å²) in [5.74, 6) is -0.153. The molecule has 102 valence electrons. The summed E-state index contributed by atoms with van der Waals surface area (Å²) in [4.78, 5) is 2.31. The molecule has 3 heteroatoms. The van der Waals surface area contributed by atoms with Crippen LogP contribution in [0.25, 0.3) is 0 Å². The summed E-state index contributed by atoms with van der Waals surface area (Å²) in [6.45, 7) is 10.1. The molecule has 0 aliphatic carbocycles. The molecule has 0 spiro atoms. The molecule has 0 radical (unpaired) electrons. The van der Waals surface area contributed by atoms with Gasteiger partial charge >= 0.3 is 0 Å². The molecule has 0 aliphatic rings. The van der Waals surface area contributed by atoms with Crippen molar-refractivity contribution in [2.24, 2.45) is 0 Å². The average Bonchev–Trinajstić information content (AvgIpc) is 2.37. The van der Waals surface area contributed by atoms with E-state index in [2.05, 4.69) is 31.0 Å². The first kappa shape index (κ1) is 15.0. The SMILES string of the molecule is CCCNCc1cc(F)ccc1N(CC)CCC. The predicted octanol–water partition coefficient (Wildman–Crippen LogP) is 3.56. The maximum atomic E-state index is 13.4. The fraction of sp³-hybridized carbons (Fsp3) is 0.600. The minimum absolute atomic E-state index is 0.153. The largest absolute Gasteiger partial charge is 0.372 e. The zero-order valence-corrected chi connectivity index (χ0v) is 11.8. The molecule has 0 aliphatic heterocycles. The molecule has 0 heterocycles. The first-order chi connectivity index (χ1) is 8.72. The molecule has 1 aromatic carbocycles. The summed E-state index contributed by atoms with van der Waals surface area (Å²) in [5.41, 5.74) is 2.21. The van der Waals surface area contributed by atoms with Gasteiger partial charge in [-0.2, -0.15) is 0 Å². The van der Waals surface area contributed by atoms with Crippen molar-refractivity contribution < 1.29 is 4.39 Å². The summed E-state index contributed by atoms with van der Waals surface area (Å²) in [5, 5.41) is 3.35. The predicted molar refractivity (Wildman–Crippen MR) is 76.6 cm³/mol. The monoisotopic (exact) mass is 252 g/mol. The van der Waals surface area contributed by atoms with Crippen molar-refractivity contribution in [3.8, 4) is 0 Å². The van der Waals surface area contributed by atoms with Gasteiger partial charge in [-0.1, -0.05) is 13.8 Å². The second-order valence-corrected chi connectivity index (χ2v) is 4.53. The second-order valence-electron chi connectivity index (χ2n) is 4.53. The Bertz CT molecular complexity index is 352. The third-order valence-corrected chi connectivity index (χ3v) is 3.00. The van der Waals surface area contributed by atoms with Crippen molar-refractivity contribution in [2.45, 2.75) is 40.2 Å². The summed E-state index contributed by atoms with van der Waals surface area (Å²) in [6, 6.07) is 5.10. The summed E-state index contributed by atoms with van der Waals surface area (Å²) in [6.07, 6.45) is 2.20. The van der Waals surface area contributed by atoms with Gasteiger partial charge in [0.1, 0.15) is 5.82 Å². The van der Waals surface area contributed by atoms with Gasteiger partial charge in [0, 0.05) is 25.3 Å². The number of rotatable bonds is 8. The van der Waals surface area contributed by atoms with Crippen LogP contribution in [-0.2, 0) is 6.54 Å². The number of anilines is 1. The molecular formula is C15H25FN2. The van der Waals surface area contributed by atoms with Crippen LogP contribution in [0.4, 0.5) is 10.1 Å². The molecule has 0 saturated heterocycles. The molecule has 1 aromatic rings. The lowest BCUT2D eigenvalue weighted by molar-refractivity contribution is 0.617. The van der Waals surface area contributed by atoms with Crippen LogP contribution < -0.4 is 10.2 Å². The van der Waals surface area contributed by atoms with Crippen LogP contribution in [0.3, 0.4) is 0 Å².